The molecule has 1 N–H and O–H groups in total. The largest absolute Gasteiger partial charge is 0.315 e. The van der Waals surface area contributed by atoms with E-state index in [0.29, 0.717) is 16.9 Å². The fourth-order valence-corrected chi connectivity index (χ4v) is 4.11. The molecule has 112 valence electrons. The average Bonchev–Trinajstić information content (AvgIpc) is 2.67. The maximum Gasteiger partial charge on any atom is 0.0252 e. The van der Waals surface area contributed by atoms with Crippen LogP contribution in [0.1, 0.15) is 60.3 Å². The Kier molecular flexibility index (Phi) is 4.32. The van der Waals surface area contributed by atoms with E-state index in [2.05, 4.69) is 51.9 Å². The Hall–Kier alpha value is -0.0800. The molecule has 19 heavy (non-hydrogen) atoms. The van der Waals surface area contributed by atoms with E-state index in [1.165, 1.54) is 38.8 Å². The zero-order valence-electron chi connectivity index (χ0n) is 13.9. The minimum Gasteiger partial charge on any atom is -0.315 e. The highest BCUT2D eigenvalue weighted by Crippen LogP contribution is 2.41. The predicted octanol–water partition coefficient (Wildman–Crippen LogP) is 3.52. The molecule has 2 aliphatic rings. The van der Waals surface area contributed by atoms with Gasteiger partial charge in [-0.2, -0.15) is 0 Å². The smallest absolute Gasteiger partial charge is 0.0252 e. The SMILES string of the molecule is CNC1CCC(C(C)(C)C)CC1N1CCC(C)(C)C1. The average molecular weight is 266 g/mol. The first-order valence-electron chi connectivity index (χ1n) is 8.14. The van der Waals surface area contributed by atoms with Crippen LogP contribution in [-0.2, 0) is 0 Å². The normalized spacial score (nSPS) is 36.6. The fourth-order valence-electron chi connectivity index (χ4n) is 4.11. The summed E-state index contributed by atoms with van der Waals surface area (Å²) in [4.78, 5) is 2.78. The van der Waals surface area contributed by atoms with Gasteiger partial charge in [0.2, 0.25) is 0 Å². The molecule has 0 aromatic carbocycles. The Morgan fingerprint density at radius 3 is 2.32 bits per heavy atom. The summed E-state index contributed by atoms with van der Waals surface area (Å²) in [6.07, 6.45) is 5.48. The van der Waals surface area contributed by atoms with Crippen LogP contribution in [0, 0.1) is 16.7 Å². The van der Waals surface area contributed by atoms with Crippen molar-refractivity contribution in [1.82, 2.24) is 10.2 Å². The van der Waals surface area contributed by atoms with Crippen LogP contribution in [0.4, 0.5) is 0 Å². The third kappa shape index (κ3) is 3.52. The Balaban J connectivity index is 2.06. The molecule has 1 aliphatic carbocycles. The van der Waals surface area contributed by atoms with E-state index in [0.717, 1.165) is 12.0 Å². The maximum absolute atomic E-state index is 3.59. The summed E-state index contributed by atoms with van der Waals surface area (Å²) < 4.78 is 0. The summed E-state index contributed by atoms with van der Waals surface area (Å²) in [5.41, 5.74) is 0.985. The quantitative estimate of drug-likeness (QED) is 0.822. The minimum atomic E-state index is 0.464. The third-order valence-corrected chi connectivity index (χ3v) is 5.59. The summed E-state index contributed by atoms with van der Waals surface area (Å²) in [6, 6.07) is 1.46. The molecule has 1 heterocycles. The molecule has 1 saturated heterocycles. The molecule has 3 unspecified atom stereocenters. The van der Waals surface area contributed by atoms with Crippen molar-refractivity contribution in [2.45, 2.75) is 72.4 Å². The van der Waals surface area contributed by atoms with Crippen LogP contribution >= 0.6 is 0 Å². The lowest BCUT2D eigenvalue weighted by Crippen LogP contribution is -2.53. The lowest BCUT2D eigenvalue weighted by Gasteiger charge is -2.45. The van der Waals surface area contributed by atoms with Crippen molar-refractivity contribution in [3.63, 3.8) is 0 Å². The van der Waals surface area contributed by atoms with E-state index < -0.39 is 0 Å². The summed E-state index contributed by atoms with van der Waals surface area (Å²) >= 11 is 0. The lowest BCUT2D eigenvalue weighted by molar-refractivity contribution is 0.0686. The van der Waals surface area contributed by atoms with Gasteiger partial charge in [0, 0.05) is 18.6 Å². The van der Waals surface area contributed by atoms with Gasteiger partial charge in [0.25, 0.3) is 0 Å². The van der Waals surface area contributed by atoms with Crippen molar-refractivity contribution in [2.75, 3.05) is 20.1 Å². The molecular formula is C17H34N2. The number of nitrogens with one attached hydrogen (secondary N) is 1. The number of hydrogen-bond acceptors (Lipinski definition) is 2. The number of likely N-dealkylation sites (N-methyl/N-ethyl adjacent to an activating group) is 1. The van der Waals surface area contributed by atoms with Crippen LogP contribution in [0.15, 0.2) is 0 Å². The highest BCUT2D eigenvalue weighted by molar-refractivity contribution is 4.97. The van der Waals surface area contributed by atoms with Gasteiger partial charge in [0.05, 0.1) is 0 Å². The van der Waals surface area contributed by atoms with Gasteiger partial charge in [-0.25, -0.2) is 0 Å². The zero-order valence-corrected chi connectivity index (χ0v) is 13.9. The van der Waals surface area contributed by atoms with Gasteiger partial charge in [-0.3, -0.25) is 4.90 Å². The predicted molar refractivity (Wildman–Crippen MR) is 83.4 cm³/mol. The molecular weight excluding hydrogens is 232 g/mol. The molecule has 2 fully saturated rings. The molecule has 2 nitrogen and oxygen atoms in total. The fraction of sp³-hybridized carbons (Fsp3) is 1.00. The second-order valence-electron chi connectivity index (χ2n) is 8.72. The summed E-state index contributed by atoms with van der Waals surface area (Å²) in [6.45, 7) is 14.7. The third-order valence-electron chi connectivity index (χ3n) is 5.59. The molecule has 0 spiro atoms. The van der Waals surface area contributed by atoms with E-state index in [4.69, 9.17) is 0 Å². The monoisotopic (exact) mass is 266 g/mol. The standard InChI is InChI=1S/C17H34N2/c1-16(2,3)13-7-8-14(18-6)15(11-13)19-10-9-17(4,5)12-19/h13-15,18H,7-12H2,1-6H3. The van der Waals surface area contributed by atoms with Gasteiger partial charge in [-0.15, -0.1) is 0 Å². The van der Waals surface area contributed by atoms with Crippen molar-refractivity contribution in [1.29, 1.82) is 0 Å². The van der Waals surface area contributed by atoms with Crippen molar-refractivity contribution in [3.05, 3.63) is 0 Å². The summed E-state index contributed by atoms with van der Waals surface area (Å²) in [5, 5.41) is 3.59. The number of likely N-dealkylation sites (tertiary alicyclic amines) is 1. The Morgan fingerprint density at radius 1 is 1.16 bits per heavy atom. The molecule has 2 rings (SSSR count). The number of hydrogen-bond donors (Lipinski definition) is 1. The van der Waals surface area contributed by atoms with Gasteiger partial charge < -0.3 is 5.32 Å². The van der Waals surface area contributed by atoms with Crippen LogP contribution in [0.3, 0.4) is 0 Å². The van der Waals surface area contributed by atoms with Gasteiger partial charge in [-0.1, -0.05) is 34.6 Å². The lowest BCUT2D eigenvalue weighted by atomic mass is 9.69. The van der Waals surface area contributed by atoms with E-state index >= 15 is 0 Å². The first-order chi connectivity index (χ1) is 8.73. The van der Waals surface area contributed by atoms with Gasteiger partial charge in [0.15, 0.2) is 0 Å². The highest BCUT2D eigenvalue weighted by atomic mass is 15.2. The molecule has 2 heteroatoms. The van der Waals surface area contributed by atoms with Gasteiger partial charge in [-0.05, 0) is 56.0 Å². The molecule has 0 aromatic heterocycles. The molecule has 0 aromatic rings. The number of nitrogens with zero attached hydrogens (tertiary/aromatic N) is 1. The molecule has 1 aliphatic heterocycles. The first-order valence-corrected chi connectivity index (χ1v) is 8.14. The second-order valence-corrected chi connectivity index (χ2v) is 8.72. The summed E-state index contributed by atoms with van der Waals surface area (Å²) in [7, 11) is 2.15. The van der Waals surface area contributed by atoms with E-state index in [1.807, 2.05) is 0 Å². The van der Waals surface area contributed by atoms with Crippen molar-refractivity contribution in [2.24, 2.45) is 16.7 Å². The highest BCUT2D eigenvalue weighted by Gasteiger charge is 2.41. The Morgan fingerprint density at radius 2 is 1.84 bits per heavy atom. The second kappa shape index (κ2) is 5.37. The minimum absolute atomic E-state index is 0.464. The first kappa shape index (κ1) is 15.3. The zero-order chi connectivity index (χ0) is 14.3. The van der Waals surface area contributed by atoms with E-state index in [-0.39, 0.29) is 0 Å². The van der Waals surface area contributed by atoms with E-state index in [1.54, 1.807) is 0 Å². The van der Waals surface area contributed by atoms with Crippen LogP contribution in [0.25, 0.3) is 0 Å². The molecule has 0 bridgehead atoms. The van der Waals surface area contributed by atoms with E-state index in [9.17, 15) is 0 Å². The molecule has 0 radical (unpaired) electrons. The topological polar surface area (TPSA) is 15.3 Å². The van der Waals surface area contributed by atoms with Crippen molar-refractivity contribution >= 4 is 0 Å². The Bertz CT molecular complexity index is 303. The summed E-state index contributed by atoms with van der Waals surface area (Å²) in [5.74, 6) is 0.880. The Labute approximate surface area is 120 Å². The van der Waals surface area contributed by atoms with Crippen LogP contribution in [-0.4, -0.2) is 37.1 Å². The number of rotatable bonds is 2. The van der Waals surface area contributed by atoms with Crippen LogP contribution < -0.4 is 5.32 Å². The van der Waals surface area contributed by atoms with Crippen LogP contribution in [0.5, 0.6) is 0 Å². The van der Waals surface area contributed by atoms with Gasteiger partial charge >= 0.3 is 0 Å². The van der Waals surface area contributed by atoms with Crippen molar-refractivity contribution < 1.29 is 0 Å². The molecule has 1 saturated carbocycles. The molecule has 3 atom stereocenters. The van der Waals surface area contributed by atoms with Crippen molar-refractivity contribution in [3.8, 4) is 0 Å². The maximum atomic E-state index is 3.59. The molecule has 0 amide bonds. The van der Waals surface area contributed by atoms with Crippen LogP contribution in [0.2, 0.25) is 0 Å². The van der Waals surface area contributed by atoms with Gasteiger partial charge in [0.1, 0.15) is 0 Å².